The van der Waals surface area contributed by atoms with Crippen molar-refractivity contribution in [3.8, 4) is 0 Å². The molecule has 0 aromatic heterocycles. The fourth-order valence-corrected chi connectivity index (χ4v) is 2.62. The summed E-state index contributed by atoms with van der Waals surface area (Å²) in [5.74, 6) is -0.601. The molecule has 1 heterocycles. The number of anilines is 2. The number of nitrogens with zero attached hydrogens (tertiary/aromatic N) is 1. The summed E-state index contributed by atoms with van der Waals surface area (Å²) in [6.07, 6.45) is 2.72. The van der Waals surface area contributed by atoms with Gasteiger partial charge in [-0.05, 0) is 25.3 Å². The number of carbonyl (C=O) groups is 1. The molecule has 1 atom stereocenters. The Morgan fingerprint density at radius 1 is 1.53 bits per heavy atom. The number of hydrogen-bond donors (Lipinski definition) is 2. The first kappa shape index (κ1) is 13.9. The van der Waals surface area contributed by atoms with E-state index in [2.05, 4.69) is 5.32 Å². The SMILES string of the molecule is CNC(=O)C1CCCCN1c1cc(Cl)c(F)cc1N. The summed E-state index contributed by atoms with van der Waals surface area (Å²) in [6, 6.07) is 2.42. The van der Waals surface area contributed by atoms with Crippen molar-refractivity contribution in [3.05, 3.63) is 23.0 Å². The van der Waals surface area contributed by atoms with E-state index in [4.69, 9.17) is 17.3 Å². The molecule has 1 aromatic carbocycles. The van der Waals surface area contributed by atoms with Crippen molar-refractivity contribution in [2.75, 3.05) is 24.2 Å². The predicted molar refractivity (Wildman–Crippen MR) is 74.9 cm³/mol. The lowest BCUT2D eigenvalue weighted by Crippen LogP contribution is -2.49. The van der Waals surface area contributed by atoms with Crippen molar-refractivity contribution in [2.45, 2.75) is 25.3 Å². The summed E-state index contributed by atoms with van der Waals surface area (Å²) in [7, 11) is 1.61. The van der Waals surface area contributed by atoms with Gasteiger partial charge >= 0.3 is 0 Å². The minimum absolute atomic E-state index is 0.0189. The van der Waals surface area contributed by atoms with Crippen LogP contribution in [0.2, 0.25) is 5.02 Å². The van der Waals surface area contributed by atoms with Gasteiger partial charge in [-0.1, -0.05) is 11.6 Å². The van der Waals surface area contributed by atoms with Gasteiger partial charge in [0.15, 0.2) is 0 Å². The maximum Gasteiger partial charge on any atom is 0.242 e. The molecule has 1 saturated heterocycles. The van der Waals surface area contributed by atoms with Crippen molar-refractivity contribution in [1.82, 2.24) is 5.32 Å². The molecule has 1 aromatic rings. The van der Waals surface area contributed by atoms with Gasteiger partial charge in [0, 0.05) is 19.7 Å². The second-order valence-electron chi connectivity index (χ2n) is 4.64. The molecule has 0 aliphatic carbocycles. The summed E-state index contributed by atoms with van der Waals surface area (Å²) in [4.78, 5) is 13.8. The van der Waals surface area contributed by atoms with Gasteiger partial charge in [-0.3, -0.25) is 4.79 Å². The molecule has 0 saturated carbocycles. The largest absolute Gasteiger partial charge is 0.397 e. The monoisotopic (exact) mass is 285 g/mol. The minimum Gasteiger partial charge on any atom is -0.397 e. The summed E-state index contributed by atoms with van der Waals surface area (Å²) in [6.45, 7) is 0.713. The van der Waals surface area contributed by atoms with Gasteiger partial charge in [-0.15, -0.1) is 0 Å². The Labute approximate surface area is 116 Å². The predicted octanol–water partition coefficient (Wildman–Crippen LogP) is 2.17. The third-order valence-electron chi connectivity index (χ3n) is 3.43. The number of amides is 1. The van der Waals surface area contributed by atoms with E-state index in [1.807, 2.05) is 4.90 Å². The van der Waals surface area contributed by atoms with Crippen LogP contribution in [0.1, 0.15) is 19.3 Å². The fourth-order valence-electron chi connectivity index (χ4n) is 2.46. The Balaban J connectivity index is 2.37. The van der Waals surface area contributed by atoms with Gasteiger partial charge in [0.1, 0.15) is 11.9 Å². The molecule has 1 unspecified atom stereocenters. The van der Waals surface area contributed by atoms with Crippen LogP contribution >= 0.6 is 11.6 Å². The number of likely N-dealkylation sites (N-methyl/N-ethyl adjacent to an activating group) is 1. The molecule has 1 aliphatic heterocycles. The van der Waals surface area contributed by atoms with Crippen molar-refractivity contribution in [1.29, 1.82) is 0 Å². The van der Waals surface area contributed by atoms with Crippen LogP contribution in [0, 0.1) is 5.82 Å². The molecular formula is C13H17ClFN3O. The van der Waals surface area contributed by atoms with E-state index in [-0.39, 0.29) is 17.0 Å². The van der Waals surface area contributed by atoms with Gasteiger partial charge in [-0.2, -0.15) is 0 Å². The standard InChI is InChI=1S/C13H17ClFN3O/c1-17-13(19)11-4-2-3-5-18(11)12-6-8(14)9(15)7-10(12)16/h6-7,11H,2-5,16H2,1H3,(H,17,19). The van der Waals surface area contributed by atoms with Gasteiger partial charge in [0.25, 0.3) is 0 Å². The van der Waals surface area contributed by atoms with Crippen molar-refractivity contribution >= 4 is 28.9 Å². The van der Waals surface area contributed by atoms with Crippen molar-refractivity contribution < 1.29 is 9.18 Å². The average molecular weight is 286 g/mol. The number of nitrogens with two attached hydrogens (primary N) is 1. The van der Waals surface area contributed by atoms with E-state index < -0.39 is 5.82 Å². The average Bonchev–Trinajstić information content (AvgIpc) is 2.42. The molecule has 0 spiro atoms. The minimum atomic E-state index is -0.545. The Morgan fingerprint density at radius 2 is 2.26 bits per heavy atom. The van der Waals surface area contributed by atoms with Crippen LogP contribution in [-0.4, -0.2) is 25.5 Å². The molecule has 0 bridgehead atoms. The van der Waals surface area contributed by atoms with Crippen LogP contribution in [0.5, 0.6) is 0 Å². The van der Waals surface area contributed by atoms with E-state index in [1.165, 1.54) is 12.1 Å². The molecule has 1 amide bonds. The van der Waals surface area contributed by atoms with Crippen molar-refractivity contribution in [2.24, 2.45) is 0 Å². The van der Waals surface area contributed by atoms with Crippen LogP contribution in [0.4, 0.5) is 15.8 Å². The van der Waals surface area contributed by atoms with Gasteiger partial charge in [-0.25, -0.2) is 4.39 Å². The van der Waals surface area contributed by atoms with E-state index in [9.17, 15) is 9.18 Å². The first-order valence-corrected chi connectivity index (χ1v) is 6.65. The van der Waals surface area contributed by atoms with E-state index in [0.29, 0.717) is 17.9 Å². The molecule has 1 fully saturated rings. The summed E-state index contributed by atoms with van der Waals surface area (Å²) in [5, 5.41) is 2.67. The van der Waals surface area contributed by atoms with Gasteiger partial charge in [0.2, 0.25) is 5.91 Å². The number of halogens is 2. The van der Waals surface area contributed by atoms with Gasteiger partial charge in [0.05, 0.1) is 16.4 Å². The normalized spacial score (nSPS) is 19.3. The third-order valence-corrected chi connectivity index (χ3v) is 3.72. The second kappa shape index (κ2) is 5.65. The molecule has 3 N–H and O–H groups in total. The zero-order chi connectivity index (χ0) is 14.0. The number of rotatable bonds is 2. The number of hydrogen-bond acceptors (Lipinski definition) is 3. The Bertz CT molecular complexity index is 495. The first-order chi connectivity index (χ1) is 9.04. The van der Waals surface area contributed by atoms with Crippen LogP contribution in [0.15, 0.2) is 12.1 Å². The zero-order valence-electron chi connectivity index (χ0n) is 10.7. The van der Waals surface area contributed by atoms with Crippen LogP contribution < -0.4 is 16.0 Å². The third kappa shape index (κ3) is 2.76. The summed E-state index contributed by atoms with van der Waals surface area (Å²) >= 11 is 5.81. The summed E-state index contributed by atoms with van der Waals surface area (Å²) < 4.78 is 13.3. The maximum atomic E-state index is 13.3. The van der Waals surface area contributed by atoms with Crippen LogP contribution in [0.3, 0.4) is 0 Å². The smallest absolute Gasteiger partial charge is 0.242 e. The number of carbonyl (C=O) groups excluding carboxylic acids is 1. The highest BCUT2D eigenvalue weighted by atomic mass is 35.5. The van der Waals surface area contributed by atoms with Crippen LogP contribution in [-0.2, 0) is 4.79 Å². The summed E-state index contributed by atoms with van der Waals surface area (Å²) in [5.41, 5.74) is 6.78. The lowest BCUT2D eigenvalue weighted by atomic mass is 10.00. The maximum absolute atomic E-state index is 13.3. The molecule has 0 radical (unpaired) electrons. The molecule has 104 valence electrons. The zero-order valence-corrected chi connectivity index (χ0v) is 11.5. The fraction of sp³-hybridized carbons (Fsp3) is 0.462. The highest BCUT2D eigenvalue weighted by Crippen LogP contribution is 2.33. The molecular weight excluding hydrogens is 269 g/mol. The molecule has 2 rings (SSSR count). The van der Waals surface area contributed by atoms with E-state index >= 15 is 0 Å². The first-order valence-electron chi connectivity index (χ1n) is 6.27. The lowest BCUT2D eigenvalue weighted by Gasteiger charge is -2.37. The number of piperidine rings is 1. The Morgan fingerprint density at radius 3 is 2.95 bits per heavy atom. The van der Waals surface area contributed by atoms with Crippen LogP contribution in [0.25, 0.3) is 0 Å². The number of benzene rings is 1. The Hall–Kier alpha value is -1.49. The lowest BCUT2D eigenvalue weighted by molar-refractivity contribution is -0.122. The second-order valence-corrected chi connectivity index (χ2v) is 5.05. The van der Waals surface area contributed by atoms with Gasteiger partial charge < -0.3 is 16.0 Å². The highest BCUT2D eigenvalue weighted by Gasteiger charge is 2.29. The number of nitrogen functional groups attached to an aromatic ring is 1. The van der Waals surface area contributed by atoms with Crippen molar-refractivity contribution in [3.63, 3.8) is 0 Å². The molecule has 19 heavy (non-hydrogen) atoms. The molecule has 4 nitrogen and oxygen atoms in total. The molecule has 6 heteroatoms. The van der Waals surface area contributed by atoms with E-state index in [1.54, 1.807) is 7.05 Å². The highest BCUT2D eigenvalue weighted by molar-refractivity contribution is 6.31. The van der Waals surface area contributed by atoms with E-state index in [0.717, 1.165) is 19.3 Å². The Kier molecular flexibility index (Phi) is 4.14. The quantitative estimate of drug-likeness (QED) is 0.819. The molecule has 1 aliphatic rings. The number of nitrogens with one attached hydrogen (secondary N) is 1. The topological polar surface area (TPSA) is 58.4 Å².